The number of benzene rings is 2. The van der Waals surface area contributed by atoms with Crippen LogP contribution in [0.5, 0.6) is 0 Å². The van der Waals surface area contributed by atoms with E-state index >= 15 is 0 Å². The molecular formula is C27H24N4. The topological polar surface area (TPSA) is 42.7 Å². The van der Waals surface area contributed by atoms with Gasteiger partial charge >= 0.3 is 0 Å². The van der Waals surface area contributed by atoms with Gasteiger partial charge in [0.05, 0.1) is 11.9 Å². The van der Waals surface area contributed by atoms with Gasteiger partial charge in [0.15, 0.2) is 5.82 Å². The molecule has 2 aromatic carbocycles. The number of nitrogens with zero attached hydrogens (tertiary/aromatic N) is 3. The third-order valence-corrected chi connectivity index (χ3v) is 5.72. The second-order valence-corrected chi connectivity index (χ2v) is 7.75. The second-order valence-electron chi connectivity index (χ2n) is 7.75. The van der Waals surface area contributed by atoms with Gasteiger partial charge in [0.25, 0.3) is 0 Å². The molecule has 2 heterocycles. The molecule has 0 radical (unpaired) electrons. The number of hydrogen-bond acceptors (Lipinski definition) is 3. The Bertz CT molecular complexity index is 1220. The summed E-state index contributed by atoms with van der Waals surface area (Å²) in [6, 6.07) is 24.7. The molecule has 31 heavy (non-hydrogen) atoms. The van der Waals surface area contributed by atoms with Crippen LogP contribution in [0.2, 0.25) is 0 Å². The van der Waals surface area contributed by atoms with Gasteiger partial charge in [-0.1, -0.05) is 54.3 Å². The highest BCUT2D eigenvalue weighted by atomic mass is 15.3. The van der Waals surface area contributed by atoms with E-state index in [1.54, 1.807) is 0 Å². The zero-order chi connectivity index (χ0) is 20.9. The van der Waals surface area contributed by atoms with E-state index in [2.05, 4.69) is 45.4 Å². The van der Waals surface area contributed by atoms with Crippen molar-refractivity contribution < 1.29 is 0 Å². The summed E-state index contributed by atoms with van der Waals surface area (Å²) in [5.41, 5.74) is 5.86. The van der Waals surface area contributed by atoms with E-state index in [4.69, 9.17) is 0 Å². The predicted octanol–water partition coefficient (Wildman–Crippen LogP) is 4.83. The quantitative estimate of drug-likeness (QED) is 0.495. The lowest BCUT2D eigenvalue weighted by atomic mass is 9.92. The molecule has 0 saturated carbocycles. The molecule has 4 nitrogen and oxygen atoms in total. The minimum atomic E-state index is 0.288. The zero-order valence-electron chi connectivity index (χ0n) is 17.3. The summed E-state index contributed by atoms with van der Waals surface area (Å²) >= 11 is 0. The zero-order valence-corrected chi connectivity index (χ0v) is 17.3. The van der Waals surface area contributed by atoms with Crippen LogP contribution < -0.4 is 5.32 Å². The molecule has 1 aliphatic rings. The standard InChI is InChI=1S/C27H24N4/c1-2-9-21(10-3-1)16-17-22-11-4-5-12-23(22)19-29-25-13-8-14-26-24(25)20-30-31(26)27-15-6-7-18-28-27/h1-7,9-12,15,18,20,25,29H,8,13-14,19H2. The predicted molar refractivity (Wildman–Crippen MR) is 123 cm³/mol. The summed E-state index contributed by atoms with van der Waals surface area (Å²) in [4.78, 5) is 4.47. The van der Waals surface area contributed by atoms with Crippen LogP contribution in [0, 0.1) is 11.8 Å². The smallest absolute Gasteiger partial charge is 0.153 e. The average Bonchev–Trinajstić information content (AvgIpc) is 3.28. The van der Waals surface area contributed by atoms with Crippen molar-refractivity contribution in [3.8, 4) is 17.7 Å². The Labute approximate surface area is 183 Å². The van der Waals surface area contributed by atoms with Gasteiger partial charge in [-0.3, -0.25) is 0 Å². The van der Waals surface area contributed by atoms with Crippen molar-refractivity contribution in [1.82, 2.24) is 20.1 Å². The molecule has 0 saturated heterocycles. The highest BCUT2D eigenvalue weighted by Crippen LogP contribution is 2.31. The van der Waals surface area contributed by atoms with E-state index in [1.165, 1.54) is 16.8 Å². The van der Waals surface area contributed by atoms with Crippen molar-refractivity contribution in [1.29, 1.82) is 0 Å². The van der Waals surface area contributed by atoms with Crippen LogP contribution >= 0.6 is 0 Å². The second kappa shape index (κ2) is 8.99. The first kappa shape index (κ1) is 19.3. The number of hydrogen-bond donors (Lipinski definition) is 1. The largest absolute Gasteiger partial charge is 0.306 e. The Morgan fingerprint density at radius 1 is 0.935 bits per heavy atom. The van der Waals surface area contributed by atoms with Gasteiger partial charge in [0.2, 0.25) is 0 Å². The van der Waals surface area contributed by atoms with Gasteiger partial charge in [-0.2, -0.15) is 5.10 Å². The maximum Gasteiger partial charge on any atom is 0.153 e. The summed E-state index contributed by atoms with van der Waals surface area (Å²) in [5.74, 6) is 7.51. The maximum atomic E-state index is 4.65. The van der Waals surface area contributed by atoms with Gasteiger partial charge in [0.1, 0.15) is 0 Å². The Kier molecular flexibility index (Phi) is 5.60. The number of aromatic nitrogens is 3. The minimum Gasteiger partial charge on any atom is -0.306 e. The highest BCUT2D eigenvalue weighted by molar-refractivity contribution is 5.46. The van der Waals surface area contributed by atoms with Crippen molar-refractivity contribution in [2.75, 3.05) is 0 Å². The van der Waals surface area contributed by atoms with Crippen molar-refractivity contribution in [2.45, 2.75) is 31.8 Å². The van der Waals surface area contributed by atoms with Crippen molar-refractivity contribution >= 4 is 0 Å². The molecule has 0 spiro atoms. The fourth-order valence-electron chi connectivity index (χ4n) is 4.14. The Balaban J connectivity index is 1.35. The van der Waals surface area contributed by atoms with E-state index in [0.717, 1.165) is 42.8 Å². The van der Waals surface area contributed by atoms with Gasteiger partial charge in [-0.15, -0.1) is 0 Å². The summed E-state index contributed by atoms with van der Waals surface area (Å²) < 4.78 is 1.99. The average molecular weight is 405 g/mol. The Morgan fingerprint density at radius 2 is 1.77 bits per heavy atom. The molecule has 1 aliphatic carbocycles. The molecule has 0 amide bonds. The molecular weight excluding hydrogens is 380 g/mol. The summed E-state index contributed by atoms with van der Waals surface area (Å²) in [6.07, 6.45) is 7.10. The molecule has 2 aromatic heterocycles. The molecule has 5 rings (SSSR count). The molecule has 1 atom stereocenters. The van der Waals surface area contributed by atoms with Crippen LogP contribution in [0.1, 0.15) is 46.8 Å². The summed E-state index contributed by atoms with van der Waals surface area (Å²) in [6.45, 7) is 0.776. The summed E-state index contributed by atoms with van der Waals surface area (Å²) in [7, 11) is 0. The first-order valence-corrected chi connectivity index (χ1v) is 10.7. The molecule has 0 aliphatic heterocycles. The molecule has 4 heteroatoms. The number of rotatable bonds is 4. The van der Waals surface area contributed by atoms with Crippen LogP contribution in [0.3, 0.4) is 0 Å². The van der Waals surface area contributed by atoms with E-state index in [-0.39, 0.29) is 6.04 Å². The van der Waals surface area contributed by atoms with Gasteiger partial charge in [-0.25, -0.2) is 9.67 Å². The molecule has 0 fully saturated rings. The van der Waals surface area contributed by atoms with E-state index in [9.17, 15) is 0 Å². The van der Waals surface area contributed by atoms with Crippen LogP contribution in [0.25, 0.3) is 5.82 Å². The normalized spacial score (nSPS) is 15.0. The van der Waals surface area contributed by atoms with Crippen molar-refractivity contribution in [3.05, 3.63) is 113 Å². The third-order valence-electron chi connectivity index (χ3n) is 5.72. The maximum absolute atomic E-state index is 4.65. The third kappa shape index (κ3) is 4.28. The number of pyridine rings is 1. The van der Waals surface area contributed by atoms with Crippen LogP contribution in [-0.2, 0) is 13.0 Å². The van der Waals surface area contributed by atoms with Crippen molar-refractivity contribution in [2.24, 2.45) is 0 Å². The van der Waals surface area contributed by atoms with E-state index in [0.29, 0.717) is 0 Å². The van der Waals surface area contributed by atoms with Crippen LogP contribution in [-0.4, -0.2) is 14.8 Å². The first-order chi connectivity index (χ1) is 15.4. The van der Waals surface area contributed by atoms with E-state index in [1.807, 2.05) is 71.7 Å². The SMILES string of the molecule is C(#Cc1ccccc1CNC1CCCc2c1cnn2-c1ccccn1)c1ccccc1. The highest BCUT2D eigenvalue weighted by Gasteiger charge is 2.24. The number of nitrogens with one attached hydrogen (secondary N) is 1. The van der Waals surface area contributed by atoms with Gasteiger partial charge in [-0.05, 0) is 55.2 Å². The lowest BCUT2D eigenvalue weighted by Gasteiger charge is -2.24. The monoisotopic (exact) mass is 404 g/mol. The van der Waals surface area contributed by atoms with Crippen LogP contribution in [0.4, 0.5) is 0 Å². The molecule has 152 valence electrons. The van der Waals surface area contributed by atoms with E-state index < -0.39 is 0 Å². The number of fused-ring (bicyclic) bond motifs is 1. The Hall–Kier alpha value is -3.68. The van der Waals surface area contributed by atoms with Crippen LogP contribution in [0.15, 0.2) is 85.2 Å². The molecule has 1 unspecified atom stereocenters. The molecule has 4 aromatic rings. The first-order valence-electron chi connectivity index (χ1n) is 10.7. The minimum absolute atomic E-state index is 0.288. The van der Waals surface area contributed by atoms with Crippen molar-refractivity contribution in [3.63, 3.8) is 0 Å². The summed E-state index contributed by atoms with van der Waals surface area (Å²) in [5, 5.41) is 8.40. The fraction of sp³-hybridized carbons (Fsp3) is 0.185. The molecule has 0 bridgehead atoms. The Morgan fingerprint density at radius 3 is 2.65 bits per heavy atom. The van der Waals surface area contributed by atoms with Gasteiger partial charge in [0, 0.05) is 35.5 Å². The molecule has 1 N–H and O–H groups in total. The lowest BCUT2D eigenvalue weighted by molar-refractivity contribution is 0.454. The van der Waals surface area contributed by atoms with Gasteiger partial charge < -0.3 is 5.32 Å². The fourth-order valence-corrected chi connectivity index (χ4v) is 4.14. The lowest BCUT2D eigenvalue weighted by Crippen LogP contribution is -2.25.